The van der Waals surface area contributed by atoms with Gasteiger partial charge in [-0.25, -0.2) is 0 Å². The third-order valence-corrected chi connectivity index (χ3v) is 6.07. The van der Waals surface area contributed by atoms with Crippen LogP contribution in [0.1, 0.15) is 48.9 Å². The zero-order valence-corrected chi connectivity index (χ0v) is 19.3. The fraction of sp³-hybridized carbons (Fsp3) is 0.370. The minimum absolute atomic E-state index is 0.369. The van der Waals surface area contributed by atoms with E-state index in [-0.39, 0.29) is 5.97 Å². The Labute approximate surface area is 191 Å². The Balaban J connectivity index is 1.52. The molecule has 1 heterocycles. The molecule has 32 heavy (non-hydrogen) atoms. The van der Waals surface area contributed by atoms with Crippen LogP contribution >= 0.6 is 0 Å². The lowest BCUT2D eigenvalue weighted by Crippen LogP contribution is -2.44. The number of nitrogens with one attached hydrogen (secondary N) is 1. The molecule has 5 nitrogen and oxygen atoms in total. The number of ether oxygens (including phenoxy) is 1. The topological polar surface area (TPSA) is 61.8 Å². The first-order chi connectivity index (χ1) is 15.3. The number of aliphatic hydroxyl groups is 1. The Bertz CT molecular complexity index is 973. The van der Waals surface area contributed by atoms with Crippen molar-refractivity contribution in [2.45, 2.75) is 39.3 Å². The first-order valence-corrected chi connectivity index (χ1v) is 11.2. The number of hydrogen-bond acceptors (Lipinski definition) is 5. The molecular formula is C27H34N2O3. The summed E-state index contributed by atoms with van der Waals surface area (Å²) in [4.78, 5) is 13.7. The summed E-state index contributed by atoms with van der Waals surface area (Å²) in [5.41, 5.74) is 2.65. The number of piperidine rings is 1. The maximum Gasteiger partial charge on any atom is 0.308 e. The molecule has 3 rings (SSSR count). The van der Waals surface area contributed by atoms with Crippen molar-refractivity contribution in [3.63, 3.8) is 0 Å². The fourth-order valence-electron chi connectivity index (χ4n) is 3.95. The van der Waals surface area contributed by atoms with Crippen molar-refractivity contribution in [3.05, 3.63) is 77.5 Å². The van der Waals surface area contributed by atoms with Crippen molar-refractivity contribution in [1.82, 2.24) is 10.2 Å². The number of hydrogen-bond donors (Lipinski definition) is 2. The summed E-state index contributed by atoms with van der Waals surface area (Å²) in [6.45, 7) is 11.6. The molecule has 5 heteroatoms. The van der Waals surface area contributed by atoms with E-state index in [1.807, 2.05) is 37.3 Å². The highest BCUT2D eigenvalue weighted by Gasteiger charge is 2.26. The average Bonchev–Trinajstić information content (AvgIpc) is 2.78. The van der Waals surface area contributed by atoms with E-state index in [1.54, 1.807) is 13.0 Å². The summed E-state index contributed by atoms with van der Waals surface area (Å²) in [6, 6.07) is 13.7. The highest BCUT2D eigenvalue weighted by atomic mass is 16.5. The van der Waals surface area contributed by atoms with E-state index >= 15 is 0 Å². The first kappa shape index (κ1) is 23.8. The van der Waals surface area contributed by atoms with Gasteiger partial charge in [-0.2, -0.15) is 0 Å². The lowest BCUT2D eigenvalue weighted by atomic mass is 9.95. The lowest BCUT2D eigenvalue weighted by Gasteiger charge is -2.34. The van der Waals surface area contributed by atoms with Gasteiger partial charge in [0.25, 0.3) is 0 Å². The zero-order valence-electron chi connectivity index (χ0n) is 19.3. The molecule has 1 aliphatic rings. The van der Waals surface area contributed by atoms with Gasteiger partial charge < -0.3 is 14.7 Å². The number of carbonyl (C=O) groups is 1. The number of esters is 1. The standard InChI is InChI=1S/C27H34N2O3/c1-5-23-8-6-7-9-24(23)14-17-29-15-12-22(13-16-29)19-28-27(4,31)25-11-10-20(2)26(18-25)32-21(3)30/h5-11,14,17-18,22,28,31H,1,12-13,15-16,19H2,2-4H3/b17-14+. The van der Waals surface area contributed by atoms with Crippen LogP contribution in [0.25, 0.3) is 12.2 Å². The van der Waals surface area contributed by atoms with Gasteiger partial charge in [0.1, 0.15) is 11.5 Å². The van der Waals surface area contributed by atoms with Crippen LogP contribution in [0.15, 0.2) is 55.2 Å². The van der Waals surface area contributed by atoms with Gasteiger partial charge in [-0.05, 0) is 67.6 Å². The Kier molecular flexibility index (Phi) is 7.89. The molecule has 0 aliphatic carbocycles. The molecule has 1 unspecified atom stereocenters. The van der Waals surface area contributed by atoms with Crippen LogP contribution in [-0.2, 0) is 10.5 Å². The molecule has 1 saturated heterocycles. The van der Waals surface area contributed by atoms with Gasteiger partial charge in [0.2, 0.25) is 0 Å². The van der Waals surface area contributed by atoms with Crippen LogP contribution in [0.5, 0.6) is 5.75 Å². The second-order valence-corrected chi connectivity index (χ2v) is 8.66. The fourth-order valence-corrected chi connectivity index (χ4v) is 3.95. The molecule has 0 radical (unpaired) electrons. The first-order valence-electron chi connectivity index (χ1n) is 11.2. The SMILES string of the molecule is C=Cc1ccccc1/C=C/N1CCC(CNC(C)(O)c2ccc(C)c(OC(C)=O)c2)CC1. The van der Waals surface area contributed by atoms with Gasteiger partial charge in [-0.3, -0.25) is 10.1 Å². The lowest BCUT2D eigenvalue weighted by molar-refractivity contribution is -0.131. The molecule has 1 atom stereocenters. The molecule has 0 spiro atoms. The van der Waals surface area contributed by atoms with Crippen molar-refractivity contribution in [3.8, 4) is 5.75 Å². The molecule has 1 fully saturated rings. The van der Waals surface area contributed by atoms with E-state index in [2.05, 4.69) is 41.2 Å². The molecule has 170 valence electrons. The van der Waals surface area contributed by atoms with E-state index in [9.17, 15) is 9.90 Å². The predicted octanol–water partition coefficient (Wildman–Crippen LogP) is 4.70. The van der Waals surface area contributed by atoms with Crippen LogP contribution in [0.3, 0.4) is 0 Å². The van der Waals surface area contributed by atoms with E-state index in [1.165, 1.54) is 12.5 Å². The summed E-state index contributed by atoms with van der Waals surface area (Å²) in [5.74, 6) is 0.604. The Morgan fingerprint density at radius 1 is 1.25 bits per heavy atom. The summed E-state index contributed by atoms with van der Waals surface area (Å²) in [5, 5.41) is 14.3. The molecule has 0 saturated carbocycles. The van der Waals surface area contributed by atoms with Gasteiger partial charge in [-0.1, -0.05) is 49.1 Å². The van der Waals surface area contributed by atoms with Gasteiger partial charge in [-0.15, -0.1) is 0 Å². The van der Waals surface area contributed by atoms with Crippen LogP contribution < -0.4 is 10.1 Å². The van der Waals surface area contributed by atoms with Crippen molar-refractivity contribution in [2.24, 2.45) is 5.92 Å². The summed E-state index contributed by atoms with van der Waals surface area (Å²) >= 11 is 0. The van der Waals surface area contributed by atoms with Gasteiger partial charge in [0, 0.05) is 32.1 Å². The van der Waals surface area contributed by atoms with Crippen molar-refractivity contribution in [2.75, 3.05) is 19.6 Å². The zero-order chi connectivity index (χ0) is 23.1. The maximum atomic E-state index is 11.3. The molecule has 2 aromatic carbocycles. The summed E-state index contributed by atoms with van der Waals surface area (Å²) in [6.07, 6.45) is 8.32. The number of rotatable bonds is 8. The third-order valence-electron chi connectivity index (χ3n) is 6.07. The van der Waals surface area contributed by atoms with Crippen molar-refractivity contribution in [1.29, 1.82) is 0 Å². The van der Waals surface area contributed by atoms with Crippen LogP contribution in [0.2, 0.25) is 0 Å². The molecule has 0 aromatic heterocycles. The maximum absolute atomic E-state index is 11.3. The van der Waals surface area contributed by atoms with E-state index in [4.69, 9.17) is 4.74 Å². The normalized spacial score (nSPS) is 16.7. The highest BCUT2D eigenvalue weighted by molar-refractivity contribution is 5.70. The van der Waals surface area contributed by atoms with Gasteiger partial charge in [0.05, 0.1) is 0 Å². The third kappa shape index (κ3) is 6.31. The average molecular weight is 435 g/mol. The number of nitrogens with zero attached hydrogens (tertiary/aromatic N) is 1. The second kappa shape index (κ2) is 10.6. The number of likely N-dealkylation sites (tertiary alicyclic amines) is 1. The monoisotopic (exact) mass is 434 g/mol. The minimum Gasteiger partial charge on any atom is -0.426 e. The minimum atomic E-state index is -1.20. The number of carbonyl (C=O) groups excluding carboxylic acids is 1. The number of aryl methyl sites for hydroxylation is 1. The van der Waals surface area contributed by atoms with Crippen LogP contribution in [0.4, 0.5) is 0 Å². The van der Waals surface area contributed by atoms with Crippen LogP contribution in [-0.4, -0.2) is 35.6 Å². The van der Waals surface area contributed by atoms with Crippen LogP contribution in [0, 0.1) is 12.8 Å². The molecule has 2 N–H and O–H groups in total. The largest absolute Gasteiger partial charge is 0.426 e. The van der Waals surface area contributed by atoms with Gasteiger partial charge in [0.15, 0.2) is 0 Å². The Morgan fingerprint density at radius 2 is 1.94 bits per heavy atom. The molecule has 0 bridgehead atoms. The van der Waals surface area contributed by atoms with E-state index < -0.39 is 5.72 Å². The summed E-state index contributed by atoms with van der Waals surface area (Å²) < 4.78 is 5.26. The van der Waals surface area contributed by atoms with Gasteiger partial charge >= 0.3 is 5.97 Å². The molecular weight excluding hydrogens is 400 g/mol. The quantitative estimate of drug-likeness (QED) is 0.358. The summed E-state index contributed by atoms with van der Waals surface area (Å²) in [7, 11) is 0. The van der Waals surface area contributed by atoms with Crippen molar-refractivity contribution >= 4 is 18.1 Å². The Hall–Kier alpha value is -2.89. The molecule has 0 amide bonds. The highest BCUT2D eigenvalue weighted by Crippen LogP contribution is 2.27. The smallest absolute Gasteiger partial charge is 0.308 e. The van der Waals surface area contributed by atoms with E-state index in [0.29, 0.717) is 17.2 Å². The second-order valence-electron chi connectivity index (χ2n) is 8.66. The van der Waals surface area contributed by atoms with Crippen molar-refractivity contribution < 1.29 is 14.6 Å². The predicted molar refractivity (Wildman–Crippen MR) is 130 cm³/mol. The Morgan fingerprint density at radius 3 is 2.59 bits per heavy atom. The molecule has 2 aromatic rings. The van der Waals surface area contributed by atoms with E-state index in [0.717, 1.165) is 43.6 Å². The number of benzene rings is 2. The molecule has 1 aliphatic heterocycles.